The highest BCUT2D eigenvalue weighted by Crippen LogP contribution is 2.24. The van der Waals surface area contributed by atoms with Crippen molar-refractivity contribution in [3.63, 3.8) is 0 Å². The molecule has 0 heterocycles. The molecule has 0 aliphatic rings. The highest BCUT2D eigenvalue weighted by atomic mass is 32.2. The van der Waals surface area contributed by atoms with Crippen LogP contribution in [0.2, 0.25) is 0 Å². The number of hydrogen-bond donors (Lipinski definition) is 1. The Bertz CT molecular complexity index is 1070. The molecular weight excluding hydrogens is 396 g/mol. The fourth-order valence-corrected chi connectivity index (χ4v) is 4.64. The summed E-state index contributed by atoms with van der Waals surface area (Å²) in [6.07, 6.45) is 0.700. The van der Waals surface area contributed by atoms with Crippen LogP contribution in [0.1, 0.15) is 30.5 Å². The molecule has 3 aromatic rings. The van der Waals surface area contributed by atoms with Gasteiger partial charge in [-0.3, -0.25) is 9.10 Å². The first-order chi connectivity index (χ1) is 14.4. The van der Waals surface area contributed by atoms with E-state index in [9.17, 15) is 13.2 Å². The minimum atomic E-state index is -3.90. The molecule has 0 aromatic heterocycles. The van der Waals surface area contributed by atoms with Crippen LogP contribution in [0.15, 0.2) is 89.8 Å². The molecule has 156 valence electrons. The van der Waals surface area contributed by atoms with Gasteiger partial charge in [0.15, 0.2) is 0 Å². The number of sulfonamides is 1. The van der Waals surface area contributed by atoms with E-state index in [1.807, 2.05) is 50.2 Å². The van der Waals surface area contributed by atoms with Gasteiger partial charge in [0.25, 0.3) is 10.0 Å². The number of rotatable bonds is 8. The van der Waals surface area contributed by atoms with Gasteiger partial charge in [0.1, 0.15) is 6.54 Å². The van der Waals surface area contributed by atoms with Crippen molar-refractivity contribution in [2.75, 3.05) is 10.8 Å². The van der Waals surface area contributed by atoms with Gasteiger partial charge >= 0.3 is 0 Å². The Hall–Kier alpha value is -3.12. The molecule has 3 aromatic carbocycles. The van der Waals surface area contributed by atoms with E-state index in [2.05, 4.69) is 5.32 Å². The van der Waals surface area contributed by atoms with Gasteiger partial charge in [-0.2, -0.15) is 0 Å². The molecule has 1 atom stereocenters. The molecule has 0 saturated heterocycles. The number of benzene rings is 3. The van der Waals surface area contributed by atoms with Crippen LogP contribution in [0.3, 0.4) is 0 Å². The average molecular weight is 423 g/mol. The van der Waals surface area contributed by atoms with Gasteiger partial charge in [0.05, 0.1) is 16.6 Å². The van der Waals surface area contributed by atoms with Crippen LogP contribution in [-0.2, 0) is 14.8 Å². The lowest BCUT2D eigenvalue weighted by atomic mass is 10.0. The first-order valence-corrected chi connectivity index (χ1v) is 11.3. The lowest BCUT2D eigenvalue weighted by Crippen LogP contribution is -2.42. The summed E-state index contributed by atoms with van der Waals surface area (Å²) in [5.41, 5.74) is 2.40. The van der Waals surface area contributed by atoms with Gasteiger partial charge in [0.2, 0.25) is 5.91 Å². The van der Waals surface area contributed by atoms with Crippen molar-refractivity contribution < 1.29 is 13.2 Å². The van der Waals surface area contributed by atoms with E-state index in [0.29, 0.717) is 12.1 Å². The fraction of sp³-hybridized carbons (Fsp3) is 0.208. The standard InChI is InChI=1S/C24H26N2O3S/c1-3-23(20-10-6-4-7-11-20)25-24(27)18-26(21-12-8-5-9-13-21)30(28,29)22-16-14-19(2)15-17-22/h4-17,23H,3,18H2,1-2H3,(H,25,27). The Morgan fingerprint density at radius 3 is 2.03 bits per heavy atom. The van der Waals surface area contributed by atoms with Crippen molar-refractivity contribution in [1.29, 1.82) is 0 Å². The molecule has 1 unspecified atom stereocenters. The minimum Gasteiger partial charge on any atom is -0.348 e. The number of nitrogens with one attached hydrogen (secondary N) is 1. The summed E-state index contributed by atoms with van der Waals surface area (Å²) in [6, 6.07) is 24.8. The molecule has 1 amide bonds. The van der Waals surface area contributed by atoms with Crippen LogP contribution in [0.4, 0.5) is 5.69 Å². The molecule has 0 aliphatic carbocycles. The second-order valence-corrected chi connectivity index (χ2v) is 8.96. The van der Waals surface area contributed by atoms with Gasteiger partial charge in [-0.15, -0.1) is 0 Å². The summed E-state index contributed by atoms with van der Waals surface area (Å²) < 4.78 is 27.9. The third-order valence-corrected chi connectivity index (χ3v) is 6.67. The molecule has 0 radical (unpaired) electrons. The van der Waals surface area contributed by atoms with Gasteiger partial charge < -0.3 is 5.32 Å². The summed E-state index contributed by atoms with van der Waals surface area (Å²) in [7, 11) is -3.90. The third kappa shape index (κ3) is 5.07. The summed E-state index contributed by atoms with van der Waals surface area (Å²) in [5.74, 6) is -0.356. The first-order valence-electron chi connectivity index (χ1n) is 9.90. The Morgan fingerprint density at radius 1 is 0.900 bits per heavy atom. The lowest BCUT2D eigenvalue weighted by Gasteiger charge is -2.25. The Balaban J connectivity index is 1.88. The summed E-state index contributed by atoms with van der Waals surface area (Å²) >= 11 is 0. The first kappa shape index (κ1) is 21.6. The van der Waals surface area contributed by atoms with E-state index in [1.165, 1.54) is 0 Å². The SMILES string of the molecule is CCC(NC(=O)CN(c1ccccc1)S(=O)(=O)c1ccc(C)cc1)c1ccccc1. The molecule has 1 N–H and O–H groups in total. The summed E-state index contributed by atoms with van der Waals surface area (Å²) in [5, 5.41) is 2.97. The molecule has 0 saturated carbocycles. The number of hydrogen-bond acceptors (Lipinski definition) is 3. The Kier molecular flexibility index (Phi) is 6.90. The van der Waals surface area contributed by atoms with Crippen LogP contribution in [0, 0.1) is 6.92 Å². The van der Waals surface area contributed by atoms with Crippen molar-refractivity contribution in [3.05, 3.63) is 96.1 Å². The zero-order valence-corrected chi connectivity index (χ0v) is 18.0. The van der Waals surface area contributed by atoms with Crippen molar-refractivity contribution >= 4 is 21.6 Å². The summed E-state index contributed by atoms with van der Waals surface area (Å²) in [4.78, 5) is 13.0. The van der Waals surface area contributed by atoms with Crippen molar-refractivity contribution in [3.8, 4) is 0 Å². The van der Waals surface area contributed by atoms with Crippen LogP contribution in [0.25, 0.3) is 0 Å². The number of nitrogens with zero attached hydrogens (tertiary/aromatic N) is 1. The maximum absolute atomic E-state index is 13.4. The number of aryl methyl sites for hydroxylation is 1. The second kappa shape index (κ2) is 9.59. The Morgan fingerprint density at radius 2 is 1.47 bits per heavy atom. The van der Waals surface area contributed by atoms with Crippen LogP contribution < -0.4 is 9.62 Å². The number of anilines is 1. The normalized spacial score (nSPS) is 12.2. The van der Waals surface area contributed by atoms with Crippen LogP contribution in [0.5, 0.6) is 0 Å². The highest BCUT2D eigenvalue weighted by Gasteiger charge is 2.27. The maximum atomic E-state index is 13.4. The highest BCUT2D eigenvalue weighted by molar-refractivity contribution is 7.92. The van der Waals surface area contributed by atoms with Crippen molar-refractivity contribution in [2.24, 2.45) is 0 Å². The lowest BCUT2D eigenvalue weighted by molar-refractivity contribution is -0.120. The van der Waals surface area contributed by atoms with Crippen molar-refractivity contribution in [1.82, 2.24) is 5.32 Å². The van der Waals surface area contributed by atoms with Gasteiger partial charge in [0, 0.05) is 0 Å². The van der Waals surface area contributed by atoms with Crippen LogP contribution >= 0.6 is 0 Å². The predicted molar refractivity (Wildman–Crippen MR) is 120 cm³/mol. The molecule has 0 bridgehead atoms. The number of carbonyl (C=O) groups excluding carboxylic acids is 1. The Labute approximate surface area is 178 Å². The molecular formula is C24H26N2O3S. The molecule has 0 fully saturated rings. The van der Waals surface area contributed by atoms with E-state index in [4.69, 9.17) is 0 Å². The zero-order chi connectivity index (χ0) is 21.6. The maximum Gasteiger partial charge on any atom is 0.264 e. The average Bonchev–Trinajstić information content (AvgIpc) is 2.77. The molecule has 0 spiro atoms. The van der Waals surface area contributed by atoms with E-state index in [1.54, 1.807) is 48.5 Å². The predicted octanol–water partition coefficient (Wildman–Crippen LogP) is 4.46. The van der Waals surface area contributed by atoms with Gasteiger partial charge in [-0.25, -0.2) is 8.42 Å². The van der Waals surface area contributed by atoms with E-state index in [0.717, 1.165) is 15.4 Å². The van der Waals surface area contributed by atoms with Gasteiger partial charge in [-0.05, 0) is 43.2 Å². The largest absolute Gasteiger partial charge is 0.348 e. The minimum absolute atomic E-state index is 0.153. The molecule has 0 aliphatic heterocycles. The number of amides is 1. The number of carbonyl (C=O) groups is 1. The fourth-order valence-electron chi connectivity index (χ4n) is 3.22. The topological polar surface area (TPSA) is 66.5 Å². The smallest absolute Gasteiger partial charge is 0.264 e. The molecule has 6 heteroatoms. The van der Waals surface area contributed by atoms with Gasteiger partial charge in [-0.1, -0.05) is 73.2 Å². The zero-order valence-electron chi connectivity index (χ0n) is 17.2. The van der Waals surface area contributed by atoms with E-state index in [-0.39, 0.29) is 23.4 Å². The molecule has 30 heavy (non-hydrogen) atoms. The third-order valence-electron chi connectivity index (χ3n) is 4.89. The van der Waals surface area contributed by atoms with E-state index >= 15 is 0 Å². The summed E-state index contributed by atoms with van der Waals surface area (Å²) in [6.45, 7) is 3.58. The van der Waals surface area contributed by atoms with Crippen molar-refractivity contribution in [2.45, 2.75) is 31.2 Å². The van der Waals surface area contributed by atoms with E-state index < -0.39 is 10.0 Å². The molecule has 3 rings (SSSR count). The second-order valence-electron chi connectivity index (χ2n) is 7.10. The quantitative estimate of drug-likeness (QED) is 0.583. The molecule has 5 nitrogen and oxygen atoms in total. The number of para-hydroxylation sites is 1. The monoisotopic (exact) mass is 422 g/mol. The van der Waals surface area contributed by atoms with Crippen LogP contribution in [-0.4, -0.2) is 20.9 Å².